The Morgan fingerprint density at radius 2 is 2.16 bits per heavy atom. The number of aryl methyl sites for hydroxylation is 1. The predicted molar refractivity (Wildman–Crippen MR) is 72.4 cm³/mol. The van der Waals surface area contributed by atoms with Crippen LogP contribution in [-0.4, -0.2) is 23.0 Å². The first-order valence-electron chi connectivity index (χ1n) is 6.27. The van der Waals surface area contributed by atoms with Crippen molar-refractivity contribution in [3.8, 4) is 0 Å². The van der Waals surface area contributed by atoms with Crippen molar-refractivity contribution in [3.05, 3.63) is 34.3 Å². The zero-order valence-corrected chi connectivity index (χ0v) is 11.4. The zero-order chi connectivity index (χ0) is 14.0. The van der Waals surface area contributed by atoms with Gasteiger partial charge in [-0.05, 0) is 37.0 Å². The van der Waals surface area contributed by atoms with Crippen molar-refractivity contribution in [2.45, 2.75) is 32.2 Å². The molecule has 19 heavy (non-hydrogen) atoms. The topological polar surface area (TPSA) is 66.4 Å². The Labute approximate surface area is 116 Å². The lowest BCUT2D eigenvalue weighted by Gasteiger charge is -2.14. The largest absolute Gasteiger partial charge is 0.480 e. The Kier molecular flexibility index (Phi) is 4.10. The summed E-state index contributed by atoms with van der Waals surface area (Å²) in [6, 6.07) is 4.13. The molecule has 0 bridgehead atoms. The highest BCUT2D eigenvalue weighted by Crippen LogP contribution is 2.33. The number of carbonyl (C=O) groups is 2. The summed E-state index contributed by atoms with van der Waals surface area (Å²) in [5.74, 6) is -0.948. The molecule has 0 saturated heterocycles. The third-order valence-electron chi connectivity index (χ3n) is 3.30. The van der Waals surface area contributed by atoms with Crippen molar-refractivity contribution in [2.75, 3.05) is 0 Å². The molecule has 2 N–H and O–H groups in total. The van der Waals surface area contributed by atoms with Crippen LogP contribution in [0.4, 0.5) is 0 Å². The van der Waals surface area contributed by atoms with E-state index in [1.54, 1.807) is 18.2 Å². The van der Waals surface area contributed by atoms with Crippen LogP contribution in [0.5, 0.6) is 0 Å². The van der Waals surface area contributed by atoms with E-state index in [4.69, 9.17) is 16.7 Å². The minimum absolute atomic E-state index is 0.387. The zero-order valence-electron chi connectivity index (χ0n) is 10.6. The van der Waals surface area contributed by atoms with E-state index < -0.39 is 17.9 Å². The Bertz CT molecular complexity index is 511. The summed E-state index contributed by atoms with van der Waals surface area (Å²) in [6.07, 6.45) is 2.60. The van der Waals surface area contributed by atoms with E-state index in [2.05, 4.69) is 5.32 Å². The molecule has 0 aromatic heterocycles. The standard InChI is InChI=1S/C14H16ClNO3/c1-8-2-5-10(7-11(8)15)13(17)16-12(14(18)19)6-9-3-4-9/h2,5,7,9,12H,3-4,6H2,1H3,(H,16,17)(H,18,19). The molecule has 1 aromatic carbocycles. The second-order valence-corrected chi connectivity index (χ2v) is 5.41. The third kappa shape index (κ3) is 3.70. The molecule has 1 aliphatic carbocycles. The van der Waals surface area contributed by atoms with Crippen molar-refractivity contribution in [1.29, 1.82) is 0 Å². The van der Waals surface area contributed by atoms with Gasteiger partial charge in [-0.3, -0.25) is 4.79 Å². The van der Waals surface area contributed by atoms with E-state index >= 15 is 0 Å². The van der Waals surface area contributed by atoms with E-state index in [-0.39, 0.29) is 0 Å². The average molecular weight is 282 g/mol. The van der Waals surface area contributed by atoms with Crippen LogP contribution in [0.25, 0.3) is 0 Å². The summed E-state index contributed by atoms with van der Waals surface area (Å²) in [6.45, 7) is 1.84. The van der Waals surface area contributed by atoms with Gasteiger partial charge < -0.3 is 10.4 Å². The molecule has 1 atom stereocenters. The number of rotatable bonds is 5. The van der Waals surface area contributed by atoms with Crippen LogP contribution in [0.3, 0.4) is 0 Å². The third-order valence-corrected chi connectivity index (χ3v) is 3.71. The van der Waals surface area contributed by atoms with Crippen molar-refractivity contribution in [1.82, 2.24) is 5.32 Å². The van der Waals surface area contributed by atoms with Gasteiger partial charge in [-0.15, -0.1) is 0 Å². The number of hydrogen-bond acceptors (Lipinski definition) is 2. The van der Waals surface area contributed by atoms with Gasteiger partial charge >= 0.3 is 5.97 Å². The van der Waals surface area contributed by atoms with Crippen LogP contribution in [0.15, 0.2) is 18.2 Å². The van der Waals surface area contributed by atoms with E-state index in [1.165, 1.54) is 0 Å². The fraction of sp³-hybridized carbons (Fsp3) is 0.429. The molecular weight excluding hydrogens is 266 g/mol. The normalized spacial score (nSPS) is 15.9. The highest BCUT2D eigenvalue weighted by Gasteiger charge is 2.30. The highest BCUT2D eigenvalue weighted by molar-refractivity contribution is 6.31. The molecule has 0 radical (unpaired) electrons. The maximum absolute atomic E-state index is 12.0. The van der Waals surface area contributed by atoms with Gasteiger partial charge in [0.2, 0.25) is 0 Å². The number of halogens is 1. The fourth-order valence-electron chi connectivity index (χ4n) is 1.88. The van der Waals surface area contributed by atoms with Crippen molar-refractivity contribution in [3.63, 3.8) is 0 Å². The van der Waals surface area contributed by atoms with Crippen LogP contribution < -0.4 is 5.32 Å². The summed E-state index contributed by atoms with van der Waals surface area (Å²) >= 11 is 5.96. The molecule has 1 aromatic rings. The maximum atomic E-state index is 12.0. The SMILES string of the molecule is Cc1ccc(C(=O)NC(CC2CC2)C(=O)O)cc1Cl. The Hall–Kier alpha value is -1.55. The monoisotopic (exact) mass is 281 g/mol. The van der Waals surface area contributed by atoms with Crippen LogP contribution in [0.2, 0.25) is 5.02 Å². The molecule has 0 heterocycles. The minimum Gasteiger partial charge on any atom is -0.480 e. The predicted octanol–water partition coefficient (Wildman–Crippen LogP) is 2.63. The molecule has 4 nitrogen and oxygen atoms in total. The lowest BCUT2D eigenvalue weighted by molar-refractivity contribution is -0.139. The molecule has 1 unspecified atom stereocenters. The highest BCUT2D eigenvalue weighted by atomic mass is 35.5. The molecule has 0 spiro atoms. The quantitative estimate of drug-likeness (QED) is 0.872. The van der Waals surface area contributed by atoms with Gasteiger partial charge in [0.15, 0.2) is 0 Å². The molecule has 1 aliphatic rings. The van der Waals surface area contributed by atoms with E-state index in [0.29, 0.717) is 22.9 Å². The lowest BCUT2D eigenvalue weighted by Crippen LogP contribution is -2.41. The molecule has 0 aliphatic heterocycles. The Morgan fingerprint density at radius 1 is 1.47 bits per heavy atom. The number of carboxylic acid groups (broad SMARTS) is 1. The van der Waals surface area contributed by atoms with E-state index in [0.717, 1.165) is 18.4 Å². The summed E-state index contributed by atoms with van der Waals surface area (Å²) in [5, 5.41) is 12.2. The maximum Gasteiger partial charge on any atom is 0.326 e. The molecular formula is C14H16ClNO3. The molecule has 102 valence electrons. The van der Waals surface area contributed by atoms with Crippen molar-refractivity contribution in [2.24, 2.45) is 5.92 Å². The summed E-state index contributed by atoms with van der Waals surface area (Å²) < 4.78 is 0. The molecule has 5 heteroatoms. The Morgan fingerprint density at radius 3 is 2.68 bits per heavy atom. The molecule has 1 fully saturated rings. The lowest BCUT2D eigenvalue weighted by atomic mass is 10.1. The second-order valence-electron chi connectivity index (χ2n) is 5.01. The smallest absolute Gasteiger partial charge is 0.326 e. The summed E-state index contributed by atoms with van der Waals surface area (Å²) in [4.78, 5) is 23.1. The summed E-state index contributed by atoms with van der Waals surface area (Å²) in [7, 11) is 0. The van der Waals surface area contributed by atoms with Gasteiger partial charge in [0.25, 0.3) is 5.91 Å². The van der Waals surface area contributed by atoms with Crippen LogP contribution >= 0.6 is 11.6 Å². The summed E-state index contributed by atoms with van der Waals surface area (Å²) in [5.41, 5.74) is 1.27. The number of carboxylic acids is 1. The van der Waals surface area contributed by atoms with Crippen molar-refractivity contribution >= 4 is 23.5 Å². The molecule has 1 saturated carbocycles. The Balaban J connectivity index is 2.05. The van der Waals surface area contributed by atoms with Crippen LogP contribution in [-0.2, 0) is 4.79 Å². The van der Waals surface area contributed by atoms with Crippen molar-refractivity contribution < 1.29 is 14.7 Å². The first kappa shape index (κ1) is 13.9. The van der Waals surface area contributed by atoms with Gasteiger partial charge in [-0.2, -0.15) is 0 Å². The number of hydrogen-bond donors (Lipinski definition) is 2. The van der Waals surface area contributed by atoms with E-state index in [9.17, 15) is 9.59 Å². The van der Waals surface area contributed by atoms with Gasteiger partial charge in [0.1, 0.15) is 6.04 Å². The number of amides is 1. The number of aliphatic carboxylic acids is 1. The van der Waals surface area contributed by atoms with Gasteiger partial charge in [0, 0.05) is 10.6 Å². The average Bonchev–Trinajstić information content (AvgIpc) is 3.15. The van der Waals surface area contributed by atoms with Gasteiger partial charge in [-0.25, -0.2) is 4.79 Å². The van der Waals surface area contributed by atoms with Crippen LogP contribution in [0, 0.1) is 12.8 Å². The first-order chi connectivity index (χ1) is 8.97. The fourth-order valence-corrected chi connectivity index (χ4v) is 2.06. The van der Waals surface area contributed by atoms with E-state index in [1.807, 2.05) is 6.92 Å². The number of benzene rings is 1. The molecule has 1 amide bonds. The molecule has 2 rings (SSSR count). The van der Waals surface area contributed by atoms with Gasteiger partial charge in [0.05, 0.1) is 0 Å². The second kappa shape index (κ2) is 5.61. The minimum atomic E-state index is -0.988. The number of carbonyl (C=O) groups excluding carboxylic acids is 1. The van der Waals surface area contributed by atoms with Crippen LogP contribution in [0.1, 0.15) is 35.2 Å². The number of nitrogens with one attached hydrogen (secondary N) is 1. The first-order valence-corrected chi connectivity index (χ1v) is 6.65. The van der Waals surface area contributed by atoms with Gasteiger partial charge in [-0.1, -0.05) is 30.5 Å².